The molecule has 24 heavy (non-hydrogen) atoms. The first-order chi connectivity index (χ1) is 11.6. The highest BCUT2D eigenvalue weighted by atomic mass is 19.1. The third kappa shape index (κ3) is 3.73. The number of hydrogen-bond acceptors (Lipinski definition) is 4. The number of benzene rings is 2. The highest BCUT2D eigenvalue weighted by Gasteiger charge is 2.09. The van der Waals surface area contributed by atoms with E-state index in [9.17, 15) is 9.18 Å². The quantitative estimate of drug-likeness (QED) is 0.764. The third-order valence-corrected chi connectivity index (χ3v) is 3.39. The lowest BCUT2D eigenvalue weighted by Crippen LogP contribution is -2.14. The highest BCUT2D eigenvalue weighted by molar-refractivity contribution is 6.02. The van der Waals surface area contributed by atoms with Gasteiger partial charge in [-0.15, -0.1) is 0 Å². The number of hydrogen-bond donors (Lipinski definition) is 2. The average Bonchev–Trinajstić information content (AvgIpc) is 2.59. The Labute approximate surface area is 138 Å². The Balaban J connectivity index is 1.68. The summed E-state index contributed by atoms with van der Waals surface area (Å²) in [5.41, 5.74) is 2.67. The van der Waals surface area contributed by atoms with Crippen LogP contribution in [-0.2, 0) is 0 Å². The van der Waals surface area contributed by atoms with E-state index in [4.69, 9.17) is 0 Å². The average molecular weight is 322 g/mol. The van der Waals surface area contributed by atoms with Crippen LogP contribution in [-0.4, -0.2) is 15.9 Å². The minimum absolute atomic E-state index is 0.176. The maximum atomic E-state index is 12.9. The number of halogens is 1. The van der Waals surface area contributed by atoms with Crippen molar-refractivity contribution in [2.24, 2.45) is 0 Å². The van der Waals surface area contributed by atoms with E-state index in [1.165, 1.54) is 36.7 Å². The number of nitrogens with zero attached hydrogens (tertiary/aromatic N) is 2. The molecule has 0 unspecified atom stereocenters. The standard InChI is InChI=1S/C18H15FN4O/c1-12-4-2-3-5-15(12)23-17-11-20-16(10-21-17)18(24)22-14-8-6-13(19)7-9-14/h2-11H,1H3,(H,21,23)(H,22,24). The Morgan fingerprint density at radius 1 is 1.00 bits per heavy atom. The molecule has 3 rings (SSSR count). The number of aryl methyl sites for hydroxylation is 1. The molecule has 0 saturated heterocycles. The van der Waals surface area contributed by atoms with E-state index >= 15 is 0 Å². The largest absolute Gasteiger partial charge is 0.339 e. The maximum Gasteiger partial charge on any atom is 0.275 e. The van der Waals surface area contributed by atoms with E-state index in [0.29, 0.717) is 11.5 Å². The molecule has 0 fully saturated rings. The minimum atomic E-state index is -0.406. The molecular formula is C18H15FN4O. The van der Waals surface area contributed by atoms with Gasteiger partial charge in [0.15, 0.2) is 0 Å². The molecule has 0 spiro atoms. The molecular weight excluding hydrogens is 307 g/mol. The van der Waals surface area contributed by atoms with Crippen LogP contribution in [0, 0.1) is 12.7 Å². The molecule has 1 amide bonds. The Hall–Kier alpha value is -3.28. The van der Waals surface area contributed by atoms with Crippen molar-refractivity contribution >= 4 is 23.1 Å². The maximum absolute atomic E-state index is 12.9. The van der Waals surface area contributed by atoms with Gasteiger partial charge in [-0.05, 0) is 42.8 Å². The second-order valence-electron chi connectivity index (χ2n) is 5.19. The van der Waals surface area contributed by atoms with Gasteiger partial charge in [-0.1, -0.05) is 18.2 Å². The first-order valence-electron chi connectivity index (χ1n) is 7.33. The molecule has 0 atom stereocenters. The van der Waals surface area contributed by atoms with Crippen LogP contribution in [0.1, 0.15) is 16.1 Å². The third-order valence-electron chi connectivity index (χ3n) is 3.39. The normalized spacial score (nSPS) is 10.2. The zero-order chi connectivity index (χ0) is 16.9. The van der Waals surface area contributed by atoms with Crippen molar-refractivity contribution in [2.45, 2.75) is 6.92 Å². The van der Waals surface area contributed by atoms with Gasteiger partial charge >= 0.3 is 0 Å². The van der Waals surface area contributed by atoms with E-state index < -0.39 is 5.91 Å². The fraction of sp³-hybridized carbons (Fsp3) is 0.0556. The molecule has 0 saturated carbocycles. The number of carbonyl (C=O) groups excluding carboxylic acids is 1. The summed E-state index contributed by atoms with van der Waals surface area (Å²) in [5.74, 6) is -0.224. The molecule has 0 aliphatic rings. The highest BCUT2D eigenvalue weighted by Crippen LogP contribution is 2.18. The Morgan fingerprint density at radius 3 is 2.42 bits per heavy atom. The van der Waals surface area contributed by atoms with E-state index in [1.807, 2.05) is 31.2 Å². The van der Waals surface area contributed by atoms with E-state index in [0.717, 1.165) is 11.3 Å². The molecule has 2 N–H and O–H groups in total. The van der Waals surface area contributed by atoms with Gasteiger partial charge < -0.3 is 10.6 Å². The first kappa shape index (κ1) is 15.6. The van der Waals surface area contributed by atoms with Crippen molar-refractivity contribution in [1.29, 1.82) is 0 Å². The van der Waals surface area contributed by atoms with Gasteiger partial charge in [-0.2, -0.15) is 0 Å². The molecule has 120 valence electrons. The zero-order valence-electron chi connectivity index (χ0n) is 13.0. The lowest BCUT2D eigenvalue weighted by atomic mass is 10.2. The summed E-state index contributed by atoms with van der Waals surface area (Å²) in [6.07, 6.45) is 2.88. The summed E-state index contributed by atoms with van der Waals surface area (Å²) in [6, 6.07) is 13.3. The molecule has 3 aromatic rings. The number of rotatable bonds is 4. The smallest absolute Gasteiger partial charge is 0.275 e. The van der Waals surface area contributed by atoms with Crippen molar-refractivity contribution in [3.8, 4) is 0 Å². The molecule has 2 aromatic carbocycles. The summed E-state index contributed by atoms with van der Waals surface area (Å²) in [4.78, 5) is 20.4. The van der Waals surface area contributed by atoms with Gasteiger partial charge in [-0.3, -0.25) is 4.79 Å². The van der Waals surface area contributed by atoms with Gasteiger partial charge in [0.1, 0.15) is 17.3 Å². The van der Waals surface area contributed by atoms with Gasteiger partial charge in [0, 0.05) is 11.4 Å². The van der Waals surface area contributed by atoms with Crippen LogP contribution in [0.2, 0.25) is 0 Å². The fourth-order valence-electron chi connectivity index (χ4n) is 2.09. The zero-order valence-corrected chi connectivity index (χ0v) is 13.0. The molecule has 0 bridgehead atoms. The second kappa shape index (κ2) is 6.87. The van der Waals surface area contributed by atoms with E-state index in [1.54, 1.807) is 0 Å². The molecule has 0 aliphatic carbocycles. The lowest BCUT2D eigenvalue weighted by Gasteiger charge is -2.09. The van der Waals surface area contributed by atoms with Gasteiger partial charge in [0.05, 0.1) is 12.4 Å². The molecule has 0 radical (unpaired) electrons. The number of nitrogens with one attached hydrogen (secondary N) is 2. The van der Waals surface area contributed by atoms with Crippen LogP contribution in [0.3, 0.4) is 0 Å². The van der Waals surface area contributed by atoms with Crippen LogP contribution in [0.4, 0.5) is 21.6 Å². The predicted molar refractivity (Wildman–Crippen MR) is 90.8 cm³/mol. The summed E-state index contributed by atoms with van der Waals surface area (Å²) in [7, 11) is 0. The van der Waals surface area contributed by atoms with Gasteiger partial charge in [-0.25, -0.2) is 14.4 Å². The van der Waals surface area contributed by atoms with Crippen molar-refractivity contribution in [1.82, 2.24) is 9.97 Å². The van der Waals surface area contributed by atoms with Gasteiger partial charge in [0.25, 0.3) is 5.91 Å². The van der Waals surface area contributed by atoms with Gasteiger partial charge in [0.2, 0.25) is 0 Å². The van der Waals surface area contributed by atoms with E-state index in [2.05, 4.69) is 20.6 Å². The molecule has 5 nitrogen and oxygen atoms in total. The van der Waals surface area contributed by atoms with E-state index in [-0.39, 0.29) is 11.5 Å². The second-order valence-corrected chi connectivity index (χ2v) is 5.19. The van der Waals surface area contributed by atoms with Crippen molar-refractivity contribution in [3.05, 3.63) is 78.0 Å². The van der Waals surface area contributed by atoms with Crippen LogP contribution in [0.5, 0.6) is 0 Å². The predicted octanol–water partition coefficient (Wildman–Crippen LogP) is 3.92. The Bertz CT molecular complexity index is 848. The molecule has 0 aliphatic heterocycles. The number of para-hydroxylation sites is 1. The van der Waals surface area contributed by atoms with Crippen molar-refractivity contribution < 1.29 is 9.18 Å². The summed E-state index contributed by atoms with van der Waals surface area (Å²) >= 11 is 0. The Kier molecular flexibility index (Phi) is 4.47. The van der Waals surface area contributed by atoms with Crippen LogP contribution < -0.4 is 10.6 Å². The summed E-state index contributed by atoms with van der Waals surface area (Å²) in [5, 5.41) is 5.78. The van der Waals surface area contributed by atoms with Crippen LogP contribution in [0.25, 0.3) is 0 Å². The SMILES string of the molecule is Cc1ccccc1Nc1cnc(C(=O)Nc2ccc(F)cc2)cn1. The molecule has 6 heteroatoms. The van der Waals surface area contributed by atoms with Crippen molar-refractivity contribution in [2.75, 3.05) is 10.6 Å². The number of anilines is 3. The van der Waals surface area contributed by atoms with Crippen LogP contribution in [0.15, 0.2) is 60.9 Å². The summed E-state index contributed by atoms with van der Waals surface area (Å²) in [6.45, 7) is 1.99. The number of aromatic nitrogens is 2. The minimum Gasteiger partial charge on any atom is -0.339 e. The molecule has 1 heterocycles. The number of amides is 1. The number of carbonyl (C=O) groups is 1. The topological polar surface area (TPSA) is 66.9 Å². The van der Waals surface area contributed by atoms with Crippen molar-refractivity contribution in [3.63, 3.8) is 0 Å². The monoisotopic (exact) mass is 322 g/mol. The Morgan fingerprint density at radius 2 is 1.75 bits per heavy atom. The fourth-order valence-corrected chi connectivity index (χ4v) is 2.09. The lowest BCUT2D eigenvalue weighted by molar-refractivity contribution is 0.102. The molecule has 1 aromatic heterocycles. The van der Waals surface area contributed by atoms with Crippen LogP contribution >= 0.6 is 0 Å². The summed E-state index contributed by atoms with van der Waals surface area (Å²) < 4.78 is 12.9. The first-order valence-corrected chi connectivity index (χ1v) is 7.33.